The summed E-state index contributed by atoms with van der Waals surface area (Å²) in [6.45, 7) is 3.21. The van der Waals surface area contributed by atoms with Crippen molar-refractivity contribution in [1.29, 1.82) is 0 Å². The number of piperazine rings is 1. The Hall–Kier alpha value is -1.01. The number of nitrogens with zero attached hydrogens (tertiary/aromatic N) is 3. The van der Waals surface area contributed by atoms with E-state index in [1.165, 1.54) is 6.07 Å². The summed E-state index contributed by atoms with van der Waals surface area (Å²) in [4.78, 5) is 7.93. The topological polar surface area (TPSA) is 19.4 Å². The number of likely N-dealkylation sites (N-methyl/N-ethyl adjacent to an activating group) is 1. The summed E-state index contributed by atoms with van der Waals surface area (Å²) in [5.74, 6) is 0.501. The second-order valence-corrected chi connectivity index (χ2v) is 4.65. The van der Waals surface area contributed by atoms with Gasteiger partial charge in [-0.1, -0.05) is 11.6 Å². The number of aromatic nitrogens is 1. The highest BCUT2D eigenvalue weighted by molar-refractivity contribution is 6.30. The Morgan fingerprint density at radius 3 is 2.28 bits per heavy atom. The number of rotatable bonds is 1. The Morgan fingerprint density at radius 2 is 1.78 bits per heavy atom. The van der Waals surface area contributed by atoms with Gasteiger partial charge in [0.15, 0.2) is 0 Å². The third kappa shape index (κ3) is 2.87. The van der Waals surface area contributed by atoms with E-state index in [9.17, 15) is 13.2 Å². The molecule has 18 heavy (non-hydrogen) atoms. The van der Waals surface area contributed by atoms with Crippen LogP contribution in [0.1, 0.15) is 5.56 Å². The molecule has 1 aromatic heterocycles. The molecule has 0 bridgehead atoms. The second-order valence-electron chi connectivity index (χ2n) is 4.30. The Labute approximate surface area is 108 Å². The van der Waals surface area contributed by atoms with Crippen LogP contribution in [0.2, 0.25) is 5.15 Å². The van der Waals surface area contributed by atoms with Gasteiger partial charge in [0.25, 0.3) is 0 Å². The molecule has 0 aromatic carbocycles. The monoisotopic (exact) mass is 279 g/mol. The van der Waals surface area contributed by atoms with Crippen molar-refractivity contribution in [3.63, 3.8) is 0 Å². The summed E-state index contributed by atoms with van der Waals surface area (Å²) in [5, 5.41) is -0.487. The van der Waals surface area contributed by atoms with Crippen molar-refractivity contribution in [3.8, 4) is 0 Å². The summed E-state index contributed by atoms with van der Waals surface area (Å²) < 4.78 is 37.6. The van der Waals surface area contributed by atoms with Crippen LogP contribution in [0.4, 0.5) is 19.0 Å². The van der Waals surface area contributed by atoms with E-state index in [2.05, 4.69) is 9.88 Å². The number of hydrogen-bond acceptors (Lipinski definition) is 3. The Balaban J connectivity index is 2.19. The first-order valence-corrected chi connectivity index (χ1v) is 5.93. The fraction of sp³-hybridized carbons (Fsp3) is 0.545. The molecule has 1 aromatic rings. The van der Waals surface area contributed by atoms with Crippen molar-refractivity contribution >= 4 is 17.4 Å². The minimum atomic E-state index is -4.45. The van der Waals surface area contributed by atoms with Crippen LogP contribution >= 0.6 is 11.6 Å². The van der Waals surface area contributed by atoms with Gasteiger partial charge < -0.3 is 9.80 Å². The fourth-order valence-corrected chi connectivity index (χ4v) is 2.10. The first-order valence-electron chi connectivity index (χ1n) is 5.55. The van der Waals surface area contributed by atoms with Crippen molar-refractivity contribution < 1.29 is 13.2 Å². The van der Waals surface area contributed by atoms with Gasteiger partial charge in [-0.15, -0.1) is 0 Å². The maximum absolute atomic E-state index is 12.5. The largest absolute Gasteiger partial charge is 0.419 e. The number of anilines is 1. The Morgan fingerprint density at radius 1 is 1.17 bits per heavy atom. The molecule has 0 saturated carbocycles. The molecule has 0 unspecified atom stereocenters. The normalized spacial score (nSPS) is 18.2. The first-order chi connectivity index (χ1) is 8.38. The molecule has 1 aliphatic rings. The van der Waals surface area contributed by atoms with Crippen LogP contribution in [0.3, 0.4) is 0 Å². The molecule has 0 atom stereocenters. The molecule has 3 nitrogen and oxygen atoms in total. The van der Waals surface area contributed by atoms with E-state index in [-0.39, 0.29) is 0 Å². The molecule has 0 N–H and O–H groups in total. The highest BCUT2D eigenvalue weighted by Gasteiger charge is 2.34. The van der Waals surface area contributed by atoms with Crippen LogP contribution in [0.5, 0.6) is 0 Å². The van der Waals surface area contributed by atoms with Crippen LogP contribution in [-0.4, -0.2) is 43.1 Å². The smallest absolute Gasteiger partial charge is 0.354 e. The lowest BCUT2D eigenvalue weighted by atomic mass is 10.2. The minimum absolute atomic E-state index is 0.487. The zero-order valence-electron chi connectivity index (χ0n) is 9.84. The molecule has 1 aliphatic heterocycles. The maximum Gasteiger partial charge on any atom is 0.419 e. The van der Waals surface area contributed by atoms with Gasteiger partial charge in [-0.3, -0.25) is 0 Å². The molecule has 1 saturated heterocycles. The molecule has 2 rings (SSSR count). The van der Waals surface area contributed by atoms with Crippen LogP contribution in [0.25, 0.3) is 0 Å². The number of alkyl halides is 3. The van der Waals surface area contributed by atoms with Crippen molar-refractivity contribution in [3.05, 3.63) is 22.8 Å². The predicted molar refractivity (Wildman–Crippen MR) is 64.0 cm³/mol. The predicted octanol–water partition coefficient (Wildman–Crippen LogP) is 2.51. The average molecular weight is 280 g/mol. The van der Waals surface area contributed by atoms with E-state index in [1.54, 1.807) is 0 Å². The lowest BCUT2D eigenvalue weighted by Crippen LogP contribution is -2.44. The van der Waals surface area contributed by atoms with Gasteiger partial charge >= 0.3 is 6.18 Å². The number of hydrogen-bond donors (Lipinski definition) is 0. The second kappa shape index (κ2) is 4.93. The molecule has 0 radical (unpaired) electrons. The third-order valence-corrected chi connectivity index (χ3v) is 3.25. The molecule has 0 spiro atoms. The summed E-state index contributed by atoms with van der Waals surface area (Å²) in [6.07, 6.45) is -4.45. The quantitative estimate of drug-likeness (QED) is 0.737. The van der Waals surface area contributed by atoms with Gasteiger partial charge in [0.2, 0.25) is 0 Å². The Kier molecular flexibility index (Phi) is 3.68. The lowest BCUT2D eigenvalue weighted by Gasteiger charge is -2.33. The fourth-order valence-electron chi connectivity index (χ4n) is 1.85. The highest BCUT2D eigenvalue weighted by Crippen LogP contribution is 2.34. The van der Waals surface area contributed by atoms with Crippen molar-refractivity contribution in [2.24, 2.45) is 0 Å². The van der Waals surface area contributed by atoms with Crippen LogP contribution < -0.4 is 4.90 Å². The standard InChI is InChI=1S/C11H13ClF3N3/c1-17-4-6-18(7-5-17)9-3-2-8(10(12)16-9)11(13,14)15/h2-3H,4-7H2,1H3. The molecular weight excluding hydrogens is 267 g/mol. The lowest BCUT2D eigenvalue weighted by molar-refractivity contribution is -0.137. The van der Waals surface area contributed by atoms with Gasteiger partial charge in [0.1, 0.15) is 11.0 Å². The number of pyridine rings is 1. The van der Waals surface area contributed by atoms with E-state index in [0.717, 1.165) is 32.2 Å². The van der Waals surface area contributed by atoms with Gasteiger partial charge in [0.05, 0.1) is 5.56 Å². The average Bonchev–Trinajstić information content (AvgIpc) is 2.28. The molecule has 7 heteroatoms. The van der Waals surface area contributed by atoms with E-state index in [4.69, 9.17) is 11.6 Å². The molecule has 2 heterocycles. The summed E-state index contributed by atoms with van der Waals surface area (Å²) in [5.41, 5.74) is -0.887. The molecule has 1 fully saturated rings. The van der Waals surface area contributed by atoms with Crippen molar-refractivity contribution in [2.45, 2.75) is 6.18 Å². The van der Waals surface area contributed by atoms with Crippen molar-refractivity contribution in [2.75, 3.05) is 38.1 Å². The molecule has 0 amide bonds. The van der Waals surface area contributed by atoms with Gasteiger partial charge in [0, 0.05) is 26.2 Å². The summed E-state index contributed by atoms with van der Waals surface area (Å²) >= 11 is 5.59. The van der Waals surface area contributed by atoms with E-state index in [1.807, 2.05) is 11.9 Å². The van der Waals surface area contributed by atoms with Crippen LogP contribution in [0, 0.1) is 0 Å². The van der Waals surface area contributed by atoms with E-state index >= 15 is 0 Å². The van der Waals surface area contributed by atoms with Gasteiger partial charge in [-0.25, -0.2) is 4.98 Å². The zero-order chi connectivity index (χ0) is 13.3. The van der Waals surface area contributed by atoms with E-state index < -0.39 is 16.9 Å². The van der Waals surface area contributed by atoms with Gasteiger partial charge in [-0.05, 0) is 19.2 Å². The molecule has 0 aliphatic carbocycles. The van der Waals surface area contributed by atoms with Crippen LogP contribution in [-0.2, 0) is 6.18 Å². The highest BCUT2D eigenvalue weighted by atomic mass is 35.5. The maximum atomic E-state index is 12.5. The van der Waals surface area contributed by atoms with E-state index in [0.29, 0.717) is 5.82 Å². The number of halogens is 4. The minimum Gasteiger partial charge on any atom is -0.354 e. The summed E-state index contributed by atoms with van der Waals surface area (Å²) in [7, 11) is 2.00. The molecule has 100 valence electrons. The summed E-state index contributed by atoms with van der Waals surface area (Å²) in [6, 6.07) is 2.36. The zero-order valence-corrected chi connectivity index (χ0v) is 10.6. The molecular formula is C11H13ClF3N3. The first kappa shape index (κ1) is 13.4. The van der Waals surface area contributed by atoms with Crippen molar-refractivity contribution in [1.82, 2.24) is 9.88 Å². The Bertz CT molecular complexity index is 428. The van der Waals surface area contributed by atoms with Crippen LogP contribution in [0.15, 0.2) is 12.1 Å². The van der Waals surface area contributed by atoms with Gasteiger partial charge in [-0.2, -0.15) is 13.2 Å². The third-order valence-electron chi connectivity index (χ3n) is 2.97. The SMILES string of the molecule is CN1CCN(c2ccc(C(F)(F)F)c(Cl)n2)CC1.